The highest BCUT2D eigenvalue weighted by Gasteiger charge is 1.88. The van der Waals surface area contributed by atoms with E-state index >= 15 is 0 Å². The molecule has 1 nitrogen and oxygen atoms in total. The van der Waals surface area contributed by atoms with Crippen LogP contribution in [0.1, 0.15) is 6.92 Å². The van der Waals surface area contributed by atoms with E-state index in [1.165, 1.54) is 0 Å². The van der Waals surface area contributed by atoms with Gasteiger partial charge in [0.05, 0.1) is 0 Å². The summed E-state index contributed by atoms with van der Waals surface area (Å²) in [7, 11) is 0. The molecular formula is C6H8F2O. The predicted octanol–water partition coefficient (Wildman–Crippen LogP) is 2.32. The van der Waals surface area contributed by atoms with Crippen molar-refractivity contribution in [1.82, 2.24) is 0 Å². The summed E-state index contributed by atoms with van der Waals surface area (Å²) in [4.78, 5) is 0. The molecule has 52 valence electrons. The average Bonchev–Trinajstić information content (AvgIpc) is 1.89. The number of halogens is 2. The largest absolute Gasteiger partial charge is 0.465 e. The molecule has 0 aromatic rings. The van der Waals surface area contributed by atoms with E-state index < -0.39 is 6.01 Å². The van der Waals surface area contributed by atoms with Gasteiger partial charge in [-0.05, 0) is 6.92 Å². The van der Waals surface area contributed by atoms with Gasteiger partial charge in [-0.15, -0.1) is 0 Å². The highest BCUT2D eigenvalue weighted by atomic mass is 19.2. The fourth-order valence-corrected chi connectivity index (χ4v) is 0.255. The number of ether oxygens (including phenoxy) is 1. The number of hydrogen-bond donors (Lipinski definition) is 0. The molecule has 0 bridgehead atoms. The summed E-state index contributed by atoms with van der Waals surface area (Å²) in [5.41, 5.74) is 0. The van der Waals surface area contributed by atoms with Crippen molar-refractivity contribution in [3.8, 4) is 0 Å². The predicted molar refractivity (Wildman–Crippen MR) is 31.1 cm³/mol. The van der Waals surface area contributed by atoms with Gasteiger partial charge >= 0.3 is 6.01 Å². The van der Waals surface area contributed by atoms with Crippen LogP contribution < -0.4 is 0 Å². The molecule has 0 atom stereocenters. The Hall–Kier alpha value is -0.860. The Bertz CT molecular complexity index is 118. The molecule has 0 heterocycles. The standard InChI is InChI=1S/C6H8F2O/c1-2-3-4-9-6(8)5-7/h2-3,5H,4H2,1H3/b3-2+,6-5+. The molecule has 0 aromatic carbocycles. The molecule has 0 saturated heterocycles. The van der Waals surface area contributed by atoms with E-state index in [2.05, 4.69) is 4.74 Å². The van der Waals surface area contributed by atoms with Gasteiger partial charge in [0, 0.05) is 0 Å². The van der Waals surface area contributed by atoms with Crippen LogP contribution >= 0.6 is 0 Å². The lowest BCUT2D eigenvalue weighted by Crippen LogP contribution is -1.84. The van der Waals surface area contributed by atoms with Gasteiger partial charge in [0.25, 0.3) is 0 Å². The molecule has 0 unspecified atom stereocenters. The lowest BCUT2D eigenvalue weighted by molar-refractivity contribution is 0.164. The van der Waals surface area contributed by atoms with Gasteiger partial charge in [0.2, 0.25) is 0 Å². The van der Waals surface area contributed by atoms with Crippen molar-refractivity contribution in [3.05, 3.63) is 24.5 Å². The number of allylic oxidation sites excluding steroid dienone is 1. The zero-order valence-corrected chi connectivity index (χ0v) is 5.10. The third kappa shape index (κ3) is 5.00. The third-order valence-electron chi connectivity index (χ3n) is 0.639. The minimum atomic E-state index is -1.19. The average molecular weight is 134 g/mol. The van der Waals surface area contributed by atoms with Crippen LogP contribution in [0.4, 0.5) is 8.78 Å². The minimum absolute atomic E-state index is 0.0722. The van der Waals surface area contributed by atoms with Crippen molar-refractivity contribution in [2.24, 2.45) is 0 Å². The maximum atomic E-state index is 11.7. The molecule has 0 spiro atoms. The number of hydrogen-bond acceptors (Lipinski definition) is 1. The van der Waals surface area contributed by atoms with E-state index in [0.29, 0.717) is 0 Å². The summed E-state index contributed by atoms with van der Waals surface area (Å²) in [5.74, 6) is 0. The van der Waals surface area contributed by atoms with Gasteiger partial charge in [-0.3, -0.25) is 0 Å². The van der Waals surface area contributed by atoms with E-state index in [9.17, 15) is 8.78 Å². The van der Waals surface area contributed by atoms with Gasteiger partial charge in [0.15, 0.2) is 6.33 Å². The first-order chi connectivity index (χ1) is 4.31. The van der Waals surface area contributed by atoms with Gasteiger partial charge in [-0.2, -0.15) is 4.39 Å². The summed E-state index contributed by atoms with van der Waals surface area (Å²) >= 11 is 0. The molecule has 0 radical (unpaired) electrons. The van der Waals surface area contributed by atoms with Gasteiger partial charge in [0.1, 0.15) is 6.61 Å². The first-order valence-electron chi connectivity index (χ1n) is 2.51. The summed E-state index contributed by atoms with van der Waals surface area (Å²) < 4.78 is 27.0. The van der Waals surface area contributed by atoms with Crippen LogP contribution in [0, 0.1) is 0 Å². The highest BCUT2D eigenvalue weighted by molar-refractivity contribution is 4.80. The van der Waals surface area contributed by atoms with E-state index in [4.69, 9.17) is 0 Å². The highest BCUT2D eigenvalue weighted by Crippen LogP contribution is 1.97. The molecule has 0 aliphatic carbocycles. The molecule has 0 fully saturated rings. The Labute approximate surface area is 52.6 Å². The Kier molecular flexibility index (Phi) is 4.78. The molecule has 0 aromatic heterocycles. The molecule has 0 aliphatic rings. The van der Waals surface area contributed by atoms with Gasteiger partial charge in [-0.1, -0.05) is 12.2 Å². The van der Waals surface area contributed by atoms with Crippen molar-refractivity contribution in [3.63, 3.8) is 0 Å². The fraction of sp³-hybridized carbons (Fsp3) is 0.333. The zero-order chi connectivity index (χ0) is 7.11. The molecule has 0 rings (SSSR count). The van der Waals surface area contributed by atoms with Crippen molar-refractivity contribution in [2.45, 2.75) is 6.92 Å². The van der Waals surface area contributed by atoms with Crippen LogP contribution in [0.15, 0.2) is 24.5 Å². The molecule has 0 N–H and O–H groups in total. The summed E-state index contributed by atoms with van der Waals surface area (Å²) in [5, 5.41) is 0. The maximum absolute atomic E-state index is 11.7. The summed E-state index contributed by atoms with van der Waals surface area (Å²) in [6.45, 7) is 1.84. The fourth-order valence-electron chi connectivity index (χ4n) is 0.255. The van der Waals surface area contributed by atoms with Crippen LogP contribution in [0.5, 0.6) is 0 Å². The van der Waals surface area contributed by atoms with Crippen molar-refractivity contribution in [1.29, 1.82) is 0 Å². The van der Waals surface area contributed by atoms with E-state index in [1.54, 1.807) is 19.1 Å². The summed E-state index contributed by atoms with van der Waals surface area (Å²) in [6, 6.07) is -1.19. The Morgan fingerprint density at radius 2 is 2.33 bits per heavy atom. The number of rotatable bonds is 3. The topological polar surface area (TPSA) is 9.23 Å². The first-order valence-corrected chi connectivity index (χ1v) is 2.51. The van der Waals surface area contributed by atoms with Crippen LogP contribution in [-0.4, -0.2) is 6.61 Å². The lowest BCUT2D eigenvalue weighted by Gasteiger charge is -1.93. The molecule has 9 heavy (non-hydrogen) atoms. The Balaban J connectivity index is 3.28. The maximum Gasteiger partial charge on any atom is 0.301 e. The van der Waals surface area contributed by atoms with Crippen LogP contribution in [0.3, 0.4) is 0 Å². The zero-order valence-electron chi connectivity index (χ0n) is 5.10. The first kappa shape index (κ1) is 8.14. The molecular weight excluding hydrogens is 126 g/mol. The molecule has 3 heteroatoms. The second kappa shape index (κ2) is 5.28. The monoisotopic (exact) mass is 134 g/mol. The quantitative estimate of drug-likeness (QED) is 0.425. The van der Waals surface area contributed by atoms with Crippen molar-refractivity contribution >= 4 is 0 Å². The second-order valence-electron chi connectivity index (χ2n) is 1.29. The minimum Gasteiger partial charge on any atom is -0.465 e. The molecule has 0 aliphatic heterocycles. The SMILES string of the molecule is C/C=C/CO/C(F)=C/F. The molecule has 0 amide bonds. The van der Waals surface area contributed by atoms with Crippen LogP contribution in [-0.2, 0) is 4.74 Å². The summed E-state index contributed by atoms with van der Waals surface area (Å²) in [6.07, 6.45) is 3.04. The van der Waals surface area contributed by atoms with E-state index in [-0.39, 0.29) is 12.9 Å². The Morgan fingerprint density at radius 1 is 1.67 bits per heavy atom. The normalized spacial score (nSPS) is 12.6. The third-order valence-corrected chi connectivity index (χ3v) is 0.639. The van der Waals surface area contributed by atoms with Gasteiger partial charge in [-0.25, -0.2) is 4.39 Å². The Morgan fingerprint density at radius 3 is 2.78 bits per heavy atom. The van der Waals surface area contributed by atoms with Crippen LogP contribution in [0.25, 0.3) is 0 Å². The molecule has 0 saturated carbocycles. The van der Waals surface area contributed by atoms with Crippen molar-refractivity contribution in [2.75, 3.05) is 6.61 Å². The second-order valence-corrected chi connectivity index (χ2v) is 1.29. The lowest BCUT2D eigenvalue weighted by atomic mass is 10.6. The van der Waals surface area contributed by atoms with E-state index in [0.717, 1.165) is 0 Å². The van der Waals surface area contributed by atoms with Gasteiger partial charge < -0.3 is 4.74 Å². The van der Waals surface area contributed by atoms with Crippen LogP contribution in [0.2, 0.25) is 0 Å². The van der Waals surface area contributed by atoms with E-state index in [1.807, 2.05) is 0 Å². The van der Waals surface area contributed by atoms with Crippen molar-refractivity contribution < 1.29 is 13.5 Å². The smallest absolute Gasteiger partial charge is 0.301 e.